The van der Waals surface area contributed by atoms with Crippen LogP contribution in [-0.2, 0) is 17.9 Å². The van der Waals surface area contributed by atoms with Crippen molar-refractivity contribution in [1.29, 1.82) is 0 Å². The van der Waals surface area contributed by atoms with Crippen molar-refractivity contribution in [2.75, 3.05) is 0 Å². The predicted molar refractivity (Wildman–Crippen MR) is 75.1 cm³/mol. The zero-order valence-electron chi connectivity index (χ0n) is 11.6. The lowest BCUT2D eigenvalue weighted by Crippen LogP contribution is -2.26. The van der Waals surface area contributed by atoms with Crippen LogP contribution in [0.2, 0.25) is 0 Å². The molecule has 0 aromatic heterocycles. The van der Waals surface area contributed by atoms with Gasteiger partial charge in [0.2, 0.25) is 0 Å². The summed E-state index contributed by atoms with van der Waals surface area (Å²) in [5, 5.41) is 0. The Kier molecular flexibility index (Phi) is 4.79. The Balaban J connectivity index is 1.83. The summed E-state index contributed by atoms with van der Waals surface area (Å²) in [4.78, 5) is 0. The molecule has 100 valence electrons. The molecule has 2 atom stereocenters. The lowest BCUT2D eigenvalue weighted by Gasteiger charge is -2.31. The third-order valence-corrected chi connectivity index (χ3v) is 3.88. The molecule has 1 aromatic rings. The van der Waals surface area contributed by atoms with E-state index in [1.165, 1.54) is 30.4 Å². The van der Waals surface area contributed by atoms with Crippen LogP contribution in [0.1, 0.15) is 44.2 Å². The van der Waals surface area contributed by atoms with Crippen LogP contribution < -0.4 is 5.73 Å². The summed E-state index contributed by atoms with van der Waals surface area (Å²) in [7, 11) is 0. The Morgan fingerprint density at radius 3 is 2.11 bits per heavy atom. The van der Waals surface area contributed by atoms with Gasteiger partial charge in [-0.25, -0.2) is 0 Å². The Labute approximate surface area is 111 Å². The summed E-state index contributed by atoms with van der Waals surface area (Å²) in [6.45, 7) is 6.01. The third-order valence-electron chi connectivity index (χ3n) is 3.88. The molecule has 18 heavy (non-hydrogen) atoms. The SMILES string of the molecule is CC1CC(C)CC(OCc2ccc(CN)cc2)C1. The first kappa shape index (κ1) is 13.6. The van der Waals surface area contributed by atoms with Crippen LogP contribution in [0.5, 0.6) is 0 Å². The van der Waals surface area contributed by atoms with E-state index in [1.807, 2.05) is 0 Å². The smallest absolute Gasteiger partial charge is 0.0720 e. The van der Waals surface area contributed by atoms with Crippen LogP contribution >= 0.6 is 0 Å². The van der Waals surface area contributed by atoms with Gasteiger partial charge < -0.3 is 10.5 Å². The number of nitrogens with two attached hydrogens (primary N) is 1. The van der Waals surface area contributed by atoms with Gasteiger partial charge in [0.05, 0.1) is 12.7 Å². The first-order valence-corrected chi connectivity index (χ1v) is 7.07. The molecule has 2 unspecified atom stereocenters. The van der Waals surface area contributed by atoms with Gasteiger partial charge >= 0.3 is 0 Å². The molecular formula is C16H25NO. The van der Waals surface area contributed by atoms with E-state index in [1.54, 1.807) is 0 Å². The van der Waals surface area contributed by atoms with E-state index < -0.39 is 0 Å². The van der Waals surface area contributed by atoms with Gasteiger partial charge in [-0.15, -0.1) is 0 Å². The number of hydrogen-bond acceptors (Lipinski definition) is 2. The summed E-state index contributed by atoms with van der Waals surface area (Å²) >= 11 is 0. The largest absolute Gasteiger partial charge is 0.374 e. The van der Waals surface area contributed by atoms with E-state index >= 15 is 0 Å². The third kappa shape index (κ3) is 3.82. The first-order valence-electron chi connectivity index (χ1n) is 7.07. The minimum Gasteiger partial charge on any atom is -0.374 e. The Morgan fingerprint density at radius 1 is 1.00 bits per heavy atom. The standard InChI is InChI=1S/C16H25NO/c1-12-7-13(2)9-16(8-12)18-11-15-5-3-14(10-17)4-6-15/h3-6,12-13,16H,7-11,17H2,1-2H3. The minimum absolute atomic E-state index is 0.443. The highest BCUT2D eigenvalue weighted by Gasteiger charge is 2.24. The average molecular weight is 247 g/mol. The molecule has 1 aromatic carbocycles. The maximum Gasteiger partial charge on any atom is 0.0720 e. The molecule has 0 spiro atoms. The molecule has 1 saturated carbocycles. The summed E-state index contributed by atoms with van der Waals surface area (Å²) in [6, 6.07) is 8.42. The second-order valence-corrected chi connectivity index (χ2v) is 5.87. The van der Waals surface area contributed by atoms with Crippen LogP contribution in [0.3, 0.4) is 0 Å². The van der Waals surface area contributed by atoms with E-state index in [9.17, 15) is 0 Å². The van der Waals surface area contributed by atoms with E-state index in [4.69, 9.17) is 10.5 Å². The van der Waals surface area contributed by atoms with Gasteiger partial charge in [0.15, 0.2) is 0 Å². The van der Waals surface area contributed by atoms with Crippen molar-refractivity contribution in [2.24, 2.45) is 17.6 Å². The van der Waals surface area contributed by atoms with Crippen molar-refractivity contribution >= 4 is 0 Å². The van der Waals surface area contributed by atoms with Gasteiger partial charge in [-0.05, 0) is 42.2 Å². The van der Waals surface area contributed by atoms with Gasteiger partial charge in [-0.3, -0.25) is 0 Å². The van der Waals surface area contributed by atoms with Gasteiger partial charge in [-0.1, -0.05) is 38.1 Å². The maximum absolute atomic E-state index is 6.05. The summed E-state index contributed by atoms with van der Waals surface area (Å²) in [5.74, 6) is 1.61. The normalized spacial score (nSPS) is 28.3. The monoisotopic (exact) mass is 247 g/mol. The van der Waals surface area contributed by atoms with Gasteiger partial charge in [-0.2, -0.15) is 0 Å². The maximum atomic E-state index is 6.05. The van der Waals surface area contributed by atoms with Gasteiger partial charge in [0, 0.05) is 6.54 Å². The highest BCUT2D eigenvalue weighted by atomic mass is 16.5. The highest BCUT2D eigenvalue weighted by Crippen LogP contribution is 2.30. The Morgan fingerprint density at radius 2 is 1.56 bits per heavy atom. The van der Waals surface area contributed by atoms with E-state index in [0.29, 0.717) is 12.6 Å². The zero-order chi connectivity index (χ0) is 13.0. The van der Waals surface area contributed by atoms with Gasteiger partial charge in [0.1, 0.15) is 0 Å². The average Bonchev–Trinajstić information content (AvgIpc) is 2.36. The van der Waals surface area contributed by atoms with Crippen molar-refractivity contribution in [2.45, 2.75) is 52.4 Å². The first-order chi connectivity index (χ1) is 8.67. The molecule has 0 bridgehead atoms. The molecule has 1 aliphatic rings. The van der Waals surface area contributed by atoms with Crippen molar-refractivity contribution in [3.63, 3.8) is 0 Å². The molecule has 2 N–H and O–H groups in total. The molecule has 0 radical (unpaired) electrons. The highest BCUT2D eigenvalue weighted by molar-refractivity contribution is 5.21. The molecule has 1 fully saturated rings. The van der Waals surface area contributed by atoms with Crippen molar-refractivity contribution in [1.82, 2.24) is 0 Å². The van der Waals surface area contributed by atoms with Crippen LogP contribution in [-0.4, -0.2) is 6.10 Å². The molecule has 0 saturated heterocycles. The lowest BCUT2D eigenvalue weighted by atomic mass is 9.82. The van der Waals surface area contributed by atoms with Crippen LogP contribution in [0.15, 0.2) is 24.3 Å². The molecule has 2 nitrogen and oxygen atoms in total. The van der Waals surface area contributed by atoms with E-state index in [0.717, 1.165) is 18.4 Å². The number of hydrogen-bond donors (Lipinski definition) is 1. The van der Waals surface area contributed by atoms with E-state index in [2.05, 4.69) is 38.1 Å². The lowest BCUT2D eigenvalue weighted by molar-refractivity contribution is -0.00915. The minimum atomic E-state index is 0.443. The quantitative estimate of drug-likeness (QED) is 0.884. The van der Waals surface area contributed by atoms with Crippen molar-refractivity contribution in [3.05, 3.63) is 35.4 Å². The molecule has 1 aliphatic carbocycles. The van der Waals surface area contributed by atoms with Crippen molar-refractivity contribution < 1.29 is 4.74 Å². The fraction of sp³-hybridized carbons (Fsp3) is 0.625. The molecule has 0 heterocycles. The molecule has 0 amide bonds. The number of ether oxygens (including phenoxy) is 1. The molecule has 2 rings (SSSR count). The molecule has 2 heteroatoms. The second-order valence-electron chi connectivity index (χ2n) is 5.87. The molecular weight excluding hydrogens is 222 g/mol. The second kappa shape index (κ2) is 6.35. The number of rotatable bonds is 4. The Hall–Kier alpha value is -0.860. The Bertz CT molecular complexity index is 350. The number of benzene rings is 1. The van der Waals surface area contributed by atoms with Gasteiger partial charge in [0.25, 0.3) is 0 Å². The van der Waals surface area contributed by atoms with Crippen LogP contribution in [0.25, 0.3) is 0 Å². The summed E-state index contributed by atoms with van der Waals surface area (Å²) in [6.07, 6.45) is 4.22. The topological polar surface area (TPSA) is 35.2 Å². The van der Waals surface area contributed by atoms with Crippen LogP contribution in [0, 0.1) is 11.8 Å². The fourth-order valence-electron chi connectivity index (χ4n) is 2.99. The van der Waals surface area contributed by atoms with Crippen molar-refractivity contribution in [3.8, 4) is 0 Å². The summed E-state index contributed by atoms with van der Waals surface area (Å²) in [5.41, 5.74) is 8.02. The zero-order valence-corrected chi connectivity index (χ0v) is 11.6. The summed E-state index contributed by atoms with van der Waals surface area (Å²) < 4.78 is 6.05. The molecule has 0 aliphatic heterocycles. The van der Waals surface area contributed by atoms with Crippen LogP contribution in [0.4, 0.5) is 0 Å². The fourth-order valence-corrected chi connectivity index (χ4v) is 2.99. The van der Waals surface area contributed by atoms with E-state index in [-0.39, 0.29) is 0 Å². The predicted octanol–water partition coefficient (Wildman–Crippen LogP) is 3.49.